The van der Waals surface area contributed by atoms with E-state index in [-0.39, 0.29) is 5.89 Å². The minimum atomic E-state index is -0.753. The zero-order valence-electron chi connectivity index (χ0n) is 11.2. The summed E-state index contributed by atoms with van der Waals surface area (Å²) in [6, 6.07) is 3.18. The Morgan fingerprint density at radius 2 is 1.80 bits per heavy atom. The van der Waals surface area contributed by atoms with Gasteiger partial charge in [-0.1, -0.05) is 0 Å². The number of aliphatic hydroxyl groups excluding tert-OH is 1. The van der Waals surface area contributed by atoms with E-state index in [0.29, 0.717) is 22.8 Å². The summed E-state index contributed by atoms with van der Waals surface area (Å²) >= 11 is 0. The van der Waals surface area contributed by atoms with Crippen molar-refractivity contribution in [1.82, 2.24) is 9.78 Å². The number of hydrogen-bond acceptors (Lipinski definition) is 7. The molecule has 1 N–H and O–H groups in total. The Balaban J connectivity index is 2.59. The second kappa shape index (κ2) is 5.66. The van der Waals surface area contributed by atoms with E-state index in [9.17, 15) is 4.79 Å². The standard InChI is InChI=1S/C12H14N2O6/c1-17-8-4-7(5-9(18-2)10(8)19-3)11-13-14(6-15)12(16)20-11/h4-5,15H,6H2,1-3H3. The van der Waals surface area contributed by atoms with Crippen molar-refractivity contribution in [2.24, 2.45) is 0 Å². The molecular formula is C12H14N2O6. The predicted molar refractivity (Wildman–Crippen MR) is 68.1 cm³/mol. The molecule has 20 heavy (non-hydrogen) atoms. The molecule has 1 aromatic heterocycles. The van der Waals surface area contributed by atoms with Gasteiger partial charge in [-0.05, 0) is 12.1 Å². The first-order chi connectivity index (χ1) is 9.64. The van der Waals surface area contributed by atoms with E-state index in [1.807, 2.05) is 0 Å². The van der Waals surface area contributed by atoms with Crippen LogP contribution in [-0.4, -0.2) is 36.2 Å². The lowest BCUT2D eigenvalue weighted by molar-refractivity contribution is 0.186. The molecule has 0 amide bonds. The summed E-state index contributed by atoms with van der Waals surface area (Å²) in [5.41, 5.74) is 0.462. The van der Waals surface area contributed by atoms with Crippen LogP contribution in [0.4, 0.5) is 0 Å². The third-order valence-electron chi connectivity index (χ3n) is 2.65. The SMILES string of the molecule is COc1cc(-c2nn(CO)c(=O)o2)cc(OC)c1OC. The van der Waals surface area contributed by atoms with E-state index >= 15 is 0 Å². The Hall–Kier alpha value is -2.48. The molecule has 0 aliphatic carbocycles. The quantitative estimate of drug-likeness (QED) is 0.851. The Bertz CT molecular complexity index is 635. The molecule has 2 aromatic rings. The monoisotopic (exact) mass is 282 g/mol. The van der Waals surface area contributed by atoms with Crippen LogP contribution >= 0.6 is 0 Å². The lowest BCUT2D eigenvalue weighted by Gasteiger charge is -2.12. The van der Waals surface area contributed by atoms with Gasteiger partial charge in [-0.15, -0.1) is 5.10 Å². The van der Waals surface area contributed by atoms with Crippen molar-refractivity contribution in [3.63, 3.8) is 0 Å². The maximum Gasteiger partial charge on any atom is 0.439 e. The van der Waals surface area contributed by atoms with E-state index in [2.05, 4.69) is 5.10 Å². The Morgan fingerprint density at radius 3 is 2.20 bits per heavy atom. The highest BCUT2D eigenvalue weighted by Crippen LogP contribution is 2.40. The molecule has 8 nitrogen and oxygen atoms in total. The summed E-state index contributed by atoms with van der Waals surface area (Å²) in [6.45, 7) is -0.563. The van der Waals surface area contributed by atoms with E-state index in [1.165, 1.54) is 21.3 Å². The van der Waals surface area contributed by atoms with Crippen molar-refractivity contribution in [3.8, 4) is 28.7 Å². The molecule has 1 heterocycles. The normalized spacial score (nSPS) is 10.4. The molecule has 0 aliphatic rings. The summed E-state index contributed by atoms with van der Waals surface area (Å²) in [5, 5.41) is 12.8. The van der Waals surface area contributed by atoms with Crippen LogP contribution in [0.25, 0.3) is 11.5 Å². The molecule has 2 rings (SSSR count). The van der Waals surface area contributed by atoms with Crippen LogP contribution in [0.3, 0.4) is 0 Å². The van der Waals surface area contributed by atoms with Crippen molar-refractivity contribution >= 4 is 0 Å². The molecule has 0 fully saturated rings. The third kappa shape index (κ3) is 2.32. The van der Waals surface area contributed by atoms with E-state index < -0.39 is 12.5 Å². The first kappa shape index (κ1) is 13.9. The van der Waals surface area contributed by atoms with Crippen molar-refractivity contribution in [2.75, 3.05) is 21.3 Å². The van der Waals surface area contributed by atoms with Crippen LogP contribution in [0.2, 0.25) is 0 Å². The van der Waals surface area contributed by atoms with Gasteiger partial charge in [-0.25, -0.2) is 4.79 Å². The first-order valence-electron chi connectivity index (χ1n) is 5.63. The van der Waals surface area contributed by atoms with E-state index in [4.69, 9.17) is 23.7 Å². The second-order valence-corrected chi connectivity index (χ2v) is 3.73. The fourth-order valence-electron chi connectivity index (χ4n) is 1.72. The Morgan fingerprint density at radius 1 is 1.20 bits per heavy atom. The number of aliphatic hydroxyl groups is 1. The van der Waals surface area contributed by atoms with Crippen LogP contribution < -0.4 is 20.0 Å². The molecule has 0 saturated heterocycles. The van der Waals surface area contributed by atoms with Crippen molar-refractivity contribution in [3.05, 3.63) is 22.7 Å². The van der Waals surface area contributed by atoms with Gasteiger partial charge in [0.25, 0.3) is 0 Å². The summed E-state index contributed by atoms with van der Waals surface area (Å²) in [4.78, 5) is 11.4. The van der Waals surface area contributed by atoms with Crippen molar-refractivity contribution < 1.29 is 23.7 Å². The van der Waals surface area contributed by atoms with Gasteiger partial charge in [-0.2, -0.15) is 4.68 Å². The van der Waals surface area contributed by atoms with Gasteiger partial charge < -0.3 is 23.7 Å². The van der Waals surface area contributed by atoms with Crippen molar-refractivity contribution in [2.45, 2.75) is 6.73 Å². The van der Waals surface area contributed by atoms with Crippen LogP contribution in [0, 0.1) is 0 Å². The number of ether oxygens (including phenoxy) is 3. The molecule has 108 valence electrons. The number of nitrogens with zero attached hydrogens (tertiary/aromatic N) is 2. The maximum absolute atomic E-state index is 11.4. The minimum Gasteiger partial charge on any atom is -0.493 e. The van der Waals surface area contributed by atoms with E-state index in [1.54, 1.807) is 12.1 Å². The summed E-state index contributed by atoms with van der Waals surface area (Å²) in [6.07, 6.45) is 0. The van der Waals surface area contributed by atoms with Crippen LogP contribution in [0.15, 0.2) is 21.3 Å². The topological polar surface area (TPSA) is 96.0 Å². The van der Waals surface area contributed by atoms with Gasteiger partial charge in [0, 0.05) is 5.56 Å². The zero-order valence-corrected chi connectivity index (χ0v) is 11.2. The molecule has 0 saturated carbocycles. The second-order valence-electron chi connectivity index (χ2n) is 3.73. The van der Waals surface area contributed by atoms with Gasteiger partial charge >= 0.3 is 5.76 Å². The number of benzene rings is 1. The van der Waals surface area contributed by atoms with Crippen LogP contribution in [0.1, 0.15) is 0 Å². The third-order valence-corrected chi connectivity index (χ3v) is 2.65. The van der Waals surface area contributed by atoms with Gasteiger partial charge in [-0.3, -0.25) is 0 Å². The predicted octanol–water partition coefficient (Wildman–Crippen LogP) is 0.479. The number of aromatic nitrogens is 2. The lowest BCUT2D eigenvalue weighted by Crippen LogP contribution is -2.15. The highest BCUT2D eigenvalue weighted by atomic mass is 16.5. The fraction of sp³-hybridized carbons (Fsp3) is 0.333. The van der Waals surface area contributed by atoms with Gasteiger partial charge in [0.05, 0.1) is 21.3 Å². The van der Waals surface area contributed by atoms with Gasteiger partial charge in [0.1, 0.15) is 6.73 Å². The van der Waals surface area contributed by atoms with Gasteiger partial charge in [0.2, 0.25) is 11.6 Å². The first-order valence-corrected chi connectivity index (χ1v) is 5.63. The molecule has 8 heteroatoms. The largest absolute Gasteiger partial charge is 0.493 e. The molecule has 0 aliphatic heterocycles. The van der Waals surface area contributed by atoms with Crippen LogP contribution in [-0.2, 0) is 6.73 Å². The summed E-state index contributed by atoms with van der Waals surface area (Å²) in [5.74, 6) is 0.522. The Labute approximate surface area is 114 Å². The maximum atomic E-state index is 11.4. The number of rotatable bonds is 5. The van der Waals surface area contributed by atoms with Crippen molar-refractivity contribution in [1.29, 1.82) is 0 Å². The molecule has 0 spiro atoms. The average Bonchev–Trinajstić information content (AvgIpc) is 2.86. The summed E-state index contributed by atoms with van der Waals surface area (Å²) in [7, 11) is 4.44. The molecular weight excluding hydrogens is 268 g/mol. The highest BCUT2D eigenvalue weighted by Gasteiger charge is 2.17. The molecule has 0 unspecified atom stereocenters. The smallest absolute Gasteiger partial charge is 0.439 e. The molecule has 0 atom stereocenters. The highest BCUT2D eigenvalue weighted by molar-refractivity contribution is 5.65. The fourth-order valence-corrected chi connectivity index (χ4v) is 1.72. The summed E-state index contributed by atoms with van der Waals surface area (Å²) < 4.78 is 21.3. The lowest BCUT2D eigenvalue weighted by atomic mass is 10.2. The minimum absolute atomic E-state index is 0.0447. The average molecular weight is 282 g/mol. The molecule has 0 radical (unpaired) electrons. The Kier molecular flexibility index (Phi) is 3.94. The zero-order chi connectivity index (χ0) is 14.7. The number of hydrogen-bond donors (Lipinski definition) is 1. The van der Waals surface area contributed by atoms with Crippen LogP contribution in [0.5, 0.6) is 17.2 Å². The molecule has 0 bridgehead atoms. The molecule has 1 aromatic carbocycles. The van der Waals surface area contributed by atoms with Gasteiger partial charge in [0.15, 0.2) is 11.5 Å². The van der Waals surface area contributed by atoms with E-state index in [0.717, 1.165) is 4.68 Å². The number of methoxy groups -OCH3 is 3.